The fourth-order valence-corrected chi connectivity index (χ4v) is 1.28. The second-order valence-electron chi connectivity index (χ2n) is 2.70. The molecule has 4 nitrogen and oxygen atoms in total. The number of nitrogens with zero attached hydrogens (tertiary/aromatic N) is 2. The van der Waals surface area contributed by atoms with E-state index in [1.807, 2.05) is 12.1 Å². The molecular weight excluding hydrogens is 184 g/mol. The van der Waals surface area contributed by atoms with Gasteiger partial charge >= 0.3 is 0 Å². The quantitative estimate of drug-likeness (QED) is 0.690. The van der Waals surface area contributed by atoms with E-state index in [1.54, 1.807) is 6.20 Å². The van der Waals surface area contributed by atoms with Gasteiger partial charge in [-0.2, -0.15) is 0 Å². The third-order valence-corrected chi connectivity index (χ3v) is 1.79. The summed E-state index contributed by atoms with van der Waals surface area (Å²) in [5.74, 6) is 0.765. The van der Waals surface area contributed by atoms with Crippen LogP contribution >= 0.6 is 12.2 Å². The van der Waals surface area contributed by atoms with Gasteiger partial charge in [-0.25, -0.2) is 9.97 Å². The standard InChI is InChI=1S/C8H8N4S/c9-6(13)4-7-11-5-2-1-3-10-8(5)12-7/h1-3H,4H2,(H2,9,13)(H,10,11,12). The zero-order valence-corrected chi connectivity index (χ0v) is 7.64. The number of hydrogen-bond acceptors (Lipinski definition) is 3. The normalized spacial score (nSPS) is 10.5. The van der Waals surface area contributed by atoms with Crippen LogP contribution in [0.25, 0.3) is 11.2 Å². The molecule has 2 aromatic rings. The molecule has 0 unspecified atom stereocenters. The lowest BCUT2D eigenvalue weighted by Gasteiger charge is -1.89. The summed E-state index contributed by atoms with van der Waals surface area (Å²) in [5, 5.41) is 0. The van der Waals surface area contributed by atoms with Crippen LogP contribution in [0, 0.1) is 0 Å². The molecule has 0 saturated carbocycles. The van der Waals surface area contributed by atoms with Gasteiger partial charge in [0, 0.05) is 6.20 Å². The van der Waals surface area contributed by atoms with Crippen LogP contribution in [0.4, 0.5) is 0 Å². The number of rotatable bonds is 2. The number of fused-ring (bicyclic) bond motifs is 1. The number of nitrogens with one attached hydrogen (secondary N) is 1. The molecule has 0 spiro atoms. The van der Waals surface area contributed by atoms with Gasteiger partial charge in [0.05, 0.1) is 16.9 Å². The zero-order valence-electron chi connectivity index (χ0n) is 6.82. The average molecular weight is 192 g/mol. The van der Waals surface area contributed by atoms with Gasteiger partial charge in [0.1, 0.15) is 5.82 Å². The van der Waals surface area contributed by atoms with Crippen LogP contribution < -0.4 is 5.73 Å². The minimum absolute atomic E-state index is 0.430. The number of aromatic amines is 1. The molecule has 0 aliphatic rings. The van der Waals surface area contributed by atoms with Crippen molar-refractivity contribution in [2.45, 2.75) is 6.42 Å². The summed E-state index contributed by atoms with van der Waals surface area (Å²) >= 11 is 4.78. The first-order valence-electron chi connectivity index (χ1n) is 3.83. The second kappa shape index (κ2) is 3.10. The largest absolute Gasteiger partial charge is 0.393 e. The Morgan fingerprint density at radius 2 is 2.46 bits per heavy atom. The lowest BCUT2D eigenvalue weighted by atomic mass is 10.4. The molecule has 0 aromatic carbocycles. The van der Waals surface area contributed by atoms with Crippen LogP contribution in [-0.2, 0) is 6.42 Å². The number of H-pyrrole nitrogens is 1. The monoisotopic (exact) mass is 192 g/mol. The number of aromatic nitrogens is 3. The van der Waals surface area contributed by atoms with Crippen molar-refractivity contribution in [1.82, 2.24) is 15.0 Å². The maximum absolute atomic E-state index is 5.40. The highest BCUT2D eigenvalue weighted by atomic mass is 32.1. The maximum Gasteiger partial charge on any atom is 0.177 e. The Labute approximate surface area is 80.2 Å². The third kappa shape index (κ3) is 1.65. The Bertz CT molecular complexity index is 415. The van der Waals surface area contributed by atoms with E-state index >= 15 is 0 Å². The van der Waals surface area contributed by atoms with Gasteiger partial charge in [-0.1, -0.05) is 12.2 Å². The lowest BCUT2D eigenvalue weighted by molar-refractivity contribution is 1.10. The van der Waals surface area contributed by atoms with Crippen LogP contribution in [-0.4, -0.2) is 19.9 Å². The van der Waals surface area contributed by atoms with Crippen molar-refractivity contribution in [3.63, 3.8) is 0 Å². The fraction of sp³-hybridized carbons (Fsp3) is 0.125. The molecule has 2 heterocycles. The van der Waals surface area contributed by atoms with E-state index in [2.05, 4.69) is 15.0 Å². The van der Waals surface area contributed by atoms with Crippen molar-refractivity contribution >= 4 is 28.4 Å². The lowest BCUT2D eigenvalue weighted by Crippen LogP contribution is -2.11. The number of imidazole rings is 1. The van der Waals surface area contributed by atoms with Gasteiger partial charge in [0.2, 0.25) is 0 Å². The third-order valence-electron chi connectivity index (χ3n) is 1.65. The summed E-state index contributed by atoms with van der Waals surface area (Å²) in [4.78, 5) is 11.8. The highest BCUT2D eigenvalue weighted by Gasteiger charge is 2.02. The van der Waals surface area contributed by atoms with Crippen LogP contribution in [0.5, 0.6) is 0 Å². The molecule has 0 aliphatic carbocycles. The van der Waals surface area contributed by atoms with E-state index in [1.165, 1.54) is 0 Å². The molecule has 0 fully saturated rings. The summed E-state index contributed by atoms with van der Waals surface area (Å²) in [6.07, 6.45) is 2.19. The summed E-state index contributed by atoms with van der Waals surface area (Å²) in [7, 11) is 0. The first-order chi connectivity index (χ1) is 6.25. The minimum atomic E-state index is 0.430. The molecule has 3 N–H and O–H groups in total. The van der Waals surface area contributed by atoms with Crippen molar-refractivity contribution in [3.8, 4) is 0 Å². The number of hydrogen-bond donors (Lipinski definition) is 2. The molecule has 0 amide bonds. The SMILES string of the molecule is NC(=S)Cc1nc2ncccc2[nH]1. The summed E-state index contributed by atoms with van der Waals surface area (Å²) in [5.41, 5.74) is 7.01. The van der Waals surface area contributed by atoms with Crippen molar-refractivity contribution in [3.05, 3.63) is 24.2 Å². The molecule has 2 rings (SSSR count). The Kier molecular flexibility index (Phi) is 1.94. The Balaban J connectivity index is 2.44. The van der Waals surface area contributed by atoms with E-state index in [0.717, 1.165) is 11.3 Å². The van der Waals surface area contributed by atoms with Gasteiger partial charge in [0.15, 0.2) is 5.65 Å². The smallest absolute Gasteiger partial charge is 0.177 e. The van der Waals surface area contributed by atoms with Gasteiger partial charge in [-0.3, -0.25) is 0 Å². The van der Waals surface area contributed by atoms with E-state index < -0.39 is 0 Å². The highest BCUT2D eigenvalue weighted by molar-refractivity contribution is 7.80. The molecule has 0 saturated heterocycles. The van der Waals surface area contributed by atoms with Gasteiger partial charge in [-0.15, -0.1) is 0 Å². The summed E-state index contributed by atoms with van der Waals surface area (Å²) in [6, 6.07) is 3.77. The number of nitrogens with two attached hydrogens (primary N) is 1. The zero-order chi connectivity index (χ0) is 9.26. The Hall–Kier alpha value is -1.49. The van der Waals surface area contributed by atoms with Crippen LogP contribution in [0.1, 0.15) is 5.82 Å². The Morgan fingerprint density at radius 1 is 1.62 bits per heavy atom. The molecule has 5 heteroatoms. The van der Waals surface area contributed by atoms with Crippen molar-refractivity contribution in [1.29, 1.82) is 0 Å². The van der Waals surface area contributed by atoms with Crippen molar-refractivity contribution in [2.75, 3.05) is 0 Å². The molecule has 2 aromatic heterocycles. The van der Waals surface area contributed by atoms with Gasteiger partial charge in [-0.05, 0) is 12.1 Å². The fourth-order valence-electron chi connectivity index (χ4n) is 1.14. The van der Waals surface area contributed by atoms with Crippen LogP contribution in [0.2, 0.25) is 0 Å². The first-order valence-corrected chi connectivity index (χ1v) is 4.24. The highest BCUT2D eigenvalue weighted by Crippen LogP contribution is 2.07. The topological polar surface area (TPSA) is 67.6 Å². The molecule has 13 heavy (non-hydrogen) atoms. The van der Waals surface area contributed by atoms with Crippen molar-refractivity contribution in [2.24, 2.45) is 5.73 Å². The molecule has 0 bridgehead atoms. The van der Waals surface area contributed by atoms with E-state index in [0.29, 0.717) is 17.1 Å². The molecule has 0 aliphatic heterocycles. The predicted molar refractivity (Wildman–Crippen MR) is 54.4 cm³/mol. The van der Waals surface area contributed by atoms with Crippen LogP contribution in [0.3, 0.4) is 0 Å². The molecule has 66 valence electrons. The van der Waals surface area contributed by atoms with Gasteiger partial charge in [0.25, 0.3) is 0 Å². The van der Waals surface area contributed by atoms with E-state index in [-0.39, 0.29) is 0 Å². The molecule has 0 atom stereocenters. The number of pyridine rings is 1. The Morgan fingerprint density at radius 3 is 3.15 bits per heavy atom. The predicted octanol–water partition coefficient (Wildman–Crippen LogP) is 0.787. The van der Waals surface area contributed by atoms with Crippen molar-refractivity contribution < 1.29 is 0 Å². The van der Waals surface area contributed by atoms with Crippen LogP contribution in [0.15, 0.2) is 18.3 Å². The van der Waals surface area contributed by atoms with E-state index in [4.69, 9.17) is 18.0 Å². The average Bonchev–Trinajstić information content (AvgIpc) is 2.44. The maximum atomic E-state index is 5.40. The molecular formula is C8H8N4S. The first kappa shape index (κ1) is 8.12. The second-order valence-corrected chi connectivity index (χ2v) is 3.23. The van der Waals surface area contributed by atoms with E-state index in [9.17, 15) is 0 Å². The summed E-state index contributed by atoms with van der Waals surface area (Å²) < 4.78 is 0. The minimum Gasteiger partial charge on any atom is -0.393 e. The van der Waals surface area contributed by atoms with Gasteiger partial charge < -0.3 is 10.7 Å². The number of thiocarbonyl (C=S) groups is 1. The summed E-state index contributed by atoms with van der Waals surface area (Å²) in [6.45, 7) is 0. The molecule has 0 radical (unpaired) electrons.